The van der Waals surface area contributed by atoms with Gasteiger partial charge in [-0.25, -0.2) is 0 Å². The summed E-state index contributed by atoms with van der Waals surface area (Å²) in [4.78, 5) is 37.1. The molecular weight excluding hydrogens is 400 g/mol. The number of ether oxygens (including phenoxy) is 1. The third kappa shape index (κ3) is 5.05. The van der Waals surface area contributed by atoms with E-state index < -0.39 is 23.7 Å². The number of benzene rings is 2. The molecule has 1 aliphatic heterocycles. The molecule has 2 atom stereocenters. The van der Waals surface area contributed by atoms with Crippen LogP contribution in [0.1, 0.15) is 24.9 Å². The molecule has 146 valence electrons. The lowest BCUT2D eigenvalue weighted by molar-refractivity contribution is -0.149. The molecule has 6 nitrogen and oxygen atoms in total. The topological polar surface area (TPSA) is 84.5 Å². The number of anilines is 1. The summed E-state index contributed by atoms with van der Waals surface area (Å²) in [5.74, 6) is -1.29. The molecule has 3 rings (SSSR count). The quantitative estimate of drug-likeness (QED) is 0.700. The summed E-state index contributed by atoms with van der Waals surface area (Å²) < 4.78 is 5.03. The van der Waals surface area contributed by atoms with Crippen LogP contribution < -0.4 is 10.6 Å². The molecule has 28 heavy (non-hydrogen) atoms. The normalized spacial score (nSPS) is 16.5. The summed E-state index contributed by atoms with van der Waals surface area (Å²) in [5.41, 5.74) is 1.51. The van der Waals surface area contributed by atoms with Gasteiger partial charge in [0.05, 0.1) is 23.4 Å². The molecule has 0 saturated carbocycles. The molecule has 2 amide bonds. The first-order chi connectivity index (χ1) is 13.4. The van der Waals surface area contributed by atoms with Gasteiger partial charge in [-0.3, -0.25) is 14.4 Å². The second kappa shape index (κ2) is 9.12. The second-order valence-electron chi connectivity index (χ2n) is 6.27. The van der Waals surface area contributed by atoms with Gasteiger partial charge in [0, 0.05) is 9.92 Å². The molecule has 0 radical (unpaired) electrons. The molecule has 0 fully saturated rings. The Morgan fingerprint density at radius 2 is 1.93 bits per heavy atom. The van der Waals surface area contributed by atoms with Crippen LogP contribution >= 0.6 is 23.4 Å². The highest BCUT2D eigenvalue weighted by Gasteiger charge is 2.29. The molecule has 2 N–H and O–H groups in total. The molecule has 0 saturated heterocycles. The maximum Gasteiger partial charge on any atom is 0.307 e. The second-order valence-corrected chi connectivity index (χ2v) is 7.92. The largest absolute Gasteiger partial charge is 0.456 e. The highest BCUT2D eigenvalue weighted by atomic mass is 35.5. The van der Waals surface area contributed by atoms with E-state index >= 15 is 0 Å². The van der Waals surface area contributed by atoms with Gasteiger partial charge in [0.25, 0.3) is 5.91 Å². The van der Waals surface area contributed by atoms with Crippen LogP contribution in [-0.2, 0) is 19.1 Å². The van der Waals surface area contributed by atoms with Gasteiger partial charge in [-0.15, -0.1) is 11.8 Å². The average Bonchev–Trinajstić information content (AvgIpc) is 2.67. The molecule has 0 spiro atoms. The number of thioether (sulfide) groups is 1. The highest BCUT2D eigenvalue weighted by Crippen LogP contribution is 2.36. The van der Waals surface area contributed by atoms with Crippen molar-refractivity contribution in [3.05, 3.63) is 59.1 Å². The number of halogens is 1. The van der Waals surface area contributed by atoms with E-state index in [9.17, 15) is 14.4 Å². The van der Waals surface area contributed by atoms with Crippen molar-refractivity contribution in [2.24, 2.45) is 0 Å². The summed E-state index contributed by atoms with van der Waals surface area (Å²) in [6.07, 6.45) is -0.113. The van der Waals surface area contributed by atoms with E-state index in [0.29, 0.717) is 5.02 Å². The first-order valence-corrected chi connectivity index (χ1v) is 9.96. The number of para-hydroxylation sites is 1. The zero-order valence-electron chi connectivity index (χ0n) is 15.1. The van der Waals surface area contributed by atoms with Gasteiger partial charge in [0.2, 0.25) is 5.91 Å². The van der Waals surface area contributed by atoms with Crippen molar-refractivity contribution < 1.29 is 19.1 Å². The lowest BCUT2D eigenvalue weighted by Gasteiger charge is -2.23. The summed E-state index contributed by atoms with van der Waals surface area (Å²) in [7, 11) is 0. The zero-order valence-corrected chi connectivity index (χ0v) is 16.7. The molecule has 1 aliphatic rings. The van der Waals surface area contributed by atoms with Crippen LogP contribution in [0.15, 0.2) is 53.4 Å². The van der Waals surface area contributed by atoms with E-state index in [1.165, 1.54) is 11.8 Å². The highest BCUT2D eigenvalue weighted by molar-refractivity contribution is 8.01. The van der Waals surface area contributed by atoms with Crippen molar-refractivity contribution in [2.75, 3.05) is 11.9 Å². The minimum absolute atomic E-state index is 0.113. The van der Waals surface area contributed by atoms with Crippen LogP contribution in [0, 0.1) is 0 Å². The fourth-order valence-corrected chi connectivity index (χ4v) is 4.17. The number of nitrogens with one attached hydrogen (secondary N) is 2. The van der Waals surface area contributed by atoms with Crippen molar-refractivity contribution in [3.8, 4) is 0 Å². The number of hydrogen-bond donors (Lipinski definition) is 2. The Morgan fingerprint density at radius 1 is 1.21 bits per heavy atom. The Hall–Kier alpha value is -2.51. The van der Waals surface area contributed by atoms with Crippen molar-refractivity contribution in [1.29, 1.82) is 0 Å². The number of fused-ring (bicyclic) bond motifs is 1. The molecule has 2 aromatic carbocycles. The van der Waals surface area contributed by atoms with Crippen LogP contribution in [0.25, 0.3) is 0 Å². The molecular formula is C20H19ClN2O4S. The summed E-state index contributed by atoms with van der Waals surface area (Å²) >= 11 is 7.42. The summed E-state index contributed by atoms with van der Waals surface area (Å²) in [6.45, 7) is 1.38. The number of carbonyl (C=O) groups is 3. The molecule has 0 aliphatic carbocycles. The van der Waals surface area contributed by atoms with Crippen LogP contribution in [0.3, 0.4) is 0 Å². The Labute approximate surface area is 172 Å². The SMILES string of the molecule is C[C@H](NC(=O)COC(=O)C[C@@H]1Sc2ccccc2NC1=O)c1ccccc1Cl. The fourth-order valence-electron chi connectivity index (χ4n) is 2.77. The van der Waals surface area contributed by atoms with Gasteiger partial charge in [0.15, 0.2) is 6.61 Å². The summed E-state index contributed by atoms with van der Waals surface area (Å²) in [5, 5.41) is 5.46. The minimum atomic E-state index is -0.604. The molecule has 2 aromatic rings. The molecule has 1 heterocycles. The van der Waals surface area contributed by atoms with E-state index in [-0.39, 0.29) is 18.4 Å². The smallest absolute Gasteiger partial charge is 0.307 e. The van der Waals surface area contributed by atoms with Gasteiger partial charge in [-0.2, -0.15) is 0 Å². The van der Waals surface area contributed by atoms with Crippen LogP contribution in [-0.4, -0.2) is 29.6 Å². The first-order valence-electron chi connectivity index (χ1n) is 8.70. The van der Waals surface area contributed by atoms with Crippen LogP contribution in [0.5, 0.6) is 0 Å². The molecule has 0 bridgehead atoms. The minimum Gasteiger partial charge on any atom is -0.456 e. The van der Waals surface area contributed by atoms with Gasteiger partial charge >= 0.3 is 5.97 Å². The zero-order chi connectivity index (χ0) is 20.1. The van der Waals surface area contributed by atoms with Gasteiger partial charge in [-0.05, 0) is 30.7 Å². The predicted molar refractivity (Wildman–Crippen MR) is 108 cm³/mol. The third-order valence-electron chi connectivity index (χ3n) is 4.17. The van der Waals surface area contributed by atoms with Gasteiger partial charge in [0.1, 0.15) is 0 Å². The molecule has 8 heteroatoms. The number of carbonyl (C=O) groups excluding carboxylic acids is 3. The van der Waals surface area contributed by atoms with E-state index in [4.69, 9.17) is 16.3 Å². The van der Waals surface area contributed by atoms with Crippen molar-refractivity contribution in [2.45, 2.75) is 29.5 Å². The maximum absolute atomic E-state index is 12.1. The third-order valence-corrected chi connectivity index (χ3v) is 5.79. The Kier molecular flexibility index (Phi) is 6.59. The molecule has 0 aromatic heterocycles. The number of hydrogen-bond acceptors (Lipinski definition) is 5. The van der Waals surface area contributed by atoms with E-state index in [1.54, 1.807) is 25.1 Å². The van der Waals surface area contributed by atoms with Gasteiger partial charge < -0.3 is 15.4 Å². The van der Waals surface area contributed by atoms with E-state index in [2.05, 4.69) is 10.6 Å². The van der Waals surface area contributed by atoms with E-state index in [1.807, 2.05) is 30.3 Å². The predicted octanol–water partition coefficient (Wildman–Crippen LogP) is 3.56. The van der Waals surface area contributed by atoms with Crippen LogP contribution in [0.2, 0.25) is 5.02 Å². The van der Waals surface area contributed by atoms with Crippen molar-refractivity contribution in [1.82, 2.24) is 5.32 Å². The van der Waals surface area contributed by atoms with Crippen LogP contribution in [0.4, 0.5) is 5.69 Å². The average molecular weight is 419 g/mol. The van der Waals surface area contributed by atoms with E-state index in [0.717, 1.165) is 16.1 Å². The Balaban J connectivity index is 1.47. The van der Waals surface area contributed by atoms with Gasteiger partial charge in [-0.1, -0.05) is 41.9 Å². The maximum atomic E-state index is 12.1. The number of amides is 2. The lowest BCUT2D eigenvalue weighted by Crippen LogP contribution is -2.34. The monoisotopic (exact) mass is 418 g/mol. The van der Waals surface area contributed by atoms with Crippen molar-refractivity contribution >= 4 is 46.8 Å². The Bertz CT molecular complexity index is 905. The Morgan fingerprint density at radius 3 is 2.71 bits per heavy atom. The first kappa shape index (κ1) is 20.2. The number of rotatable bonds is 6. The molecule has 0 unspecified atom stereocenters. The summed E-state index contributed by atoms with van der Waals surface area (Å²) in [6, 6.07) is 14.2. The standard InChI is InChI=1S/C20H19ClN2O4S/c1-12(13-6-2-3-7-14(13)21)22-18(24)11-27-19(25)10-17-20(26)23-15-8-4-5-9-16(15)28-17/h2-9,12,17H,10-11H2,1H3,(H,22,24)(H,23,26)/t12-,17-/m0/s1. The lowest BCUT2D eigenvalue weighted by atomic mass is 10.1. The van der Waals surface area contributed by atoms with Crippen molar-refractivity contribution in [3.63, 3.8) is 0 Å². The number of esters is 1. The fraction of sp³-hybridized carbons (Fsp3) is 0.250.